The normalized spacial score (nSPS) is 10.2. The van der Waals surface area contributed by atoms with Crippen LogP contribution in [0.2, 0.25) is 0 Å². The summed E-state index contributed by atoms with van der Waals surface area (Å²) in [7, 11) is 0. The maximum atomic E-state index is 12.3. The minimum Gasteiger partial charge on any atom is -0.462 e. The van der Waals surface area contributed by atoms with Crippen LogP contribution in [0, 0.1) is 6.92 Å². The van der Waals surface area contributed by atoms with Crippen LogP contribution in [0.5, 0.6) is 0 Å². The van der Waals surface area contributed by atoms with Gasteiger partial charge in [0.1, 0.15) is 5.56 Å². The number of aromatic nitrogens is 2. The average molecular weight is 423 g/mol. The lowest BCUT2D eigenvalue weighted by Crippen LogP contribution is -2.09. The highest BCUT2D eigenvalue weighted by Gasteiger charge is 2.17. The van der Waals surface area contributed by atoms with Crippen molar-refractivity contribution in [2.24, 2.45) is 0 Å². The number of fused-ring (bicyclic) bond motifs is 1. The fraction of sp³-hybridized carbons (Fsp3) is 0.167. The van der Waals surface area contributed by atoms with Crippen LogP contribution >= 0.6 is 28.3 Å². The Kier molecular flexibility index (Phi) is 6.33. The van der Waals surface area contributed by atoms with Crippen LogP contribution in [0.1, 0.15) is 23.0 Å². The quantitative estimate of drug-likeness (QED) is 0.597. The van der Waals surface area contributed by atoms with Crippen molar-refractivity contribution in [3.63, 3.8) is 0 Å². The van der Waals surface area contributed by atoms with E-state index in [1.54, 1.807) is 6.92 Å². The number of nitrogens with one attached hydrogen (secondary N) is 1. The average Bonchev–Trinajstić information content (AvgIpc) is 2.55. The largest absolute Gasteiger partial charge is 0.462 e. The van der Waals surface area contributed by atoms with Gasteiger partial charge in [0.15, 0.2) is 5.65 Å². The van der Waals surface area contributed by atoms with Crippen LogP contribution < -0.4 is 5.32 Å². The number of hydrogen-bond donors (Lipinski definition) is 1. The number of nitrogens with zero attached hydrogens (tertiary/aromatic N) is 2. The van der Waals surface area contributed by atoms with Crippen LogP contribution in [-0.4, -0.2) is 22.5 Å². The number of rotatable bonds is 4. The van der Waals surface area contributed by atoms with E-state index >= 15 is 0 Å². The molecule has 3 aromatic rings. The molecule has 1 aromatic carbocycles. The summed E-state index contributed by atoms with van der Waals surface area (Å²) in [4.78, 5) is 21.0. The molecular weight excluding hydrogens is 406 g/mol. The van der Waals surface area contributed by atoms with E-state index in [4.69, 9.17) is 4.74 Å². The second kappa shape index (κ2) is 8.27. The van der Waals surface area contributed by atoms with Gasteiger partial charge in [-0.25, -0.2) is 14.8 Å². The number of anilines is 2. The van der Waals surface area contributed by atoms with Gasteiger partial charge in [0.25, 0.3) is 0 Å². The van der Waals surface area contributed by atoms with Gasteiger partial charge in [-0.15, -0.1) is 12.4 Å². The Morgan fingerprint density at radius 2 is 2.08 bits per heavy atom. The van der Waals surface area contributed by atoms with Crippen molar-refractivity contribution in [1.29, 1.82) is 0 Å². The van der Waals surface area contributed by atoms with E-state index in [1.165, 1.54) is 6.20 Å². The fourth-order valence-electron chi connectivity index (χ4n) is 2.38. The molecule has 0 saturated heterocycles. The Labute approximate surface area is 160 Å². The Balaban J connectivity index is 0.00000225. The first-order valence-electron chi connectivity index (χ1n) is 7.54. The zero-order chi connectivity index (χ0) is 17.1. The maximum absolute atomic E-state index is 12.3. The SMILES string of the molecule is CCOC(=O)c1cnc2nc(C)ccc2c1Nc1cccc(Br)c1.Cl. The van der Waals surface area contributed by atoms with Gasteiger partial charge in [-0.2, -0.15) is 0 Å². The van der Waals surface area contributed by atoms with Gasteiger partial charge in [-0.1, -0.05) is 22.0 Å². The van der Waals surface area contributed by atoms with E-state index < -0.39 is 5.97 Å². The van der Waals surface area contributed by atoms with E-state index in [0.29, 0.717) is 23.5 Å². The Morgan fingerprint density at radius 1 is 1.28 bits per heavy atom. The highest BCUT2D eigenvalue weighted by Crippen LogP contribution is 2.30. The van der Waals surface area contributed by atoms with Gasteiger partial charge in [-0.3, -0.25) is 0 Å². The third-order valence-corrected chi connectivity index (χ3v) is 3.95. The first-order valence-corrected chi connectivity index (χ1v) is 8.34. The molecule has 0 saturated carbocycles. The third kappa shape index (κ3) is 4.27. The van der Waals surface area contributed by atoms with Crippen molar-refractivity contribution in [1.82, 2.24) is 9.97 Å². The molecule has 0 aliphatic heterocycles. The first-order chi connectivity index (χ1) is 11.6. The van der Waals surface area contributed by atoms with Crippen molar-refractivity contribution in [3.8, 4) is 0 Å². The molecule has 25 heavy (non-hydrogen) atoms. The molecule has 0 unspecified atom stereocenters. The van der Waals surface area contributed by atoms with Gasteiger partial charge in [0, 0.05) is 27.4 Å². The lowest BCUT2D eigenvalue weighted by molar-refractivity contribution is 0.0527. The molecule has 0 fully saturated rings. The number of ether oxygens (including phenoxy) is 1. The summed E-state index contributed by atoms with van der Waals surface area (Å²) < 4.78 is 6.10. The van der Waals surface area contributed by atoms with Crippen LogP contribution in [0.3, 0.4) is 0 Å². The van der Waals surface area contributed by atoms with Crippen molar-refractivity contribution < 1.29 is 9.53 Å². The molecular formula is C18H17BrClN3O2. The topological polar surface area (TPSA) is 64.1 Å². The van der Waals surface area contributed by atoms with Crippen molar-refractivity contribution in [2.75, 3.05) is 11.9 Å². The summed E-state index contributed by atoms with van der Waals surface area (Å²) in [6, 6.07) is 11.5. The summed E-state index contributed by atoms with van der Waals surface area (Å²) in [6.07, 6.45) is 1.51. The molecule has 5 nitrogen and oxygen atoms in total. The van der Waals surface area contributed by atoms with Gasteiger partial charge in [0.05, 0.1) is 12.3 Å². The molecule has 0 aliphatic rings. The number of carbonyl (C=O) groups excluding carboxylic acids is 1. The predicted octanol–water partition coefficient (Wildman–Crippen LogP) is 5.04. The van der Waals surface area contributed by atoms with E-state index in [0.717, 1.165) is 21.2 Å². The standard InChI is InChI=1S/C18H16BrN3O2.ClH/c1-3-24-18(23)15-10-20-17-14(8-7-11(2)21-17)16(15)22-13-6-4-5-12(19)9-13;/h4-10H,3H2,1-2H3,(H,20,21,22);1H. The van der Waals surface area contributed by atoms with Crippen molar-refractivity contribution in [2.45, 2.75) is 13.8 Å². The summed E-state index contributed by atoms with van der Waals surface area (Å²) in [5.41, 5.74) is 3.33. The van der Waals surface area contributed by atoms with E-state index in [-0.39, 0.29) is 12.4 Å². The number of esters is 1. The Hall–Kier alpha value is -2.18. The predicted molar refractivity (Wildman–Crippen MR) is 105 cm³/mol. The molecule has 0 atom stereocenters. The lowest BCUT2D eigenvalue weighted by Gasteiger charge is -2.14. The van der Waals surface area contributed by atoms with Crippen LogP contribution in [0.25, 0.3) is 11.0 Å². The Bertz CT molecular complexity index is 918. The smallest absolute Gasteiger partial charge is 0.341 e. The zero-order valence-corrected chi connectivity index (χ0v) is 16.1. The summed E-state index contributed by atoms with van der Waals surface area (Å²) in [5.74, 6) is -0.412. The number of halogens is 2. The minimum atomic E-state index is -0.412. The highest BCUT2D eigenvalue weighted by atomic mass is 79.9. The maximum Gasteiger partial charge on any atom is 0.341 e. The molecule has 3 rings (SSSR count). The number of benzene rings is 1. The van der Waals surface area contributed by atoms with E-state index in [1.807, 2.05) is 43.3 Å². The van der Waals surface area contributed by atoms with Crippen molar-refractivity contribution in [3.05, 3.63) is 58.3 Å². The van der Waals surface area contributed by atoms with Gasteiger partial charge >= 0.3 is 5.97 Å². The minimum absolute atomic E-state index is 0. The number of carbonyl (C=O) groups is 1. The molecule has 0 spiro atoms. The highest BCUT2D eigenvalue weighted by molar-refractivity contribution is 9.10. The van der Waals surface area contributed by atoms with Crippen molar-refractivity contribution >= 4 is 56.7 Å². The number of pyridine rings is 2. The van der Waals surface area contributed by atoms with Crippen LogP contribution in [0.15, 0.2) is 47.1 Å². The summed E-state index contributed by atoms with van der Waals surface area (Å²) in [5, 5.41) is 4.07. The first kappa shape index (κ1) is 19.1. The number of hydrogen-bond acceptors (Lipinski definition) is 5. The molecule has 2 heterocycles. The molecule has 0 aliphatic carbocycles. The second-order valence-corrected chi connectivity index (χ2v) is 6.14. The lowest BCUT2D eigenvalue weighted by atomic mass is 10.1. The summed E-state index contributed by atoms with van der Waals surface area (Å²) >= 11 is 3.45. The Morgan fingerprint density at radius 3 is 2.80 bits per heavy atom. The molecule has 2 aromatic heterocycles. The molecule has 7 heteroatoms. The number of aryl methyl sites for hydroxylation is 1. The van der Waals surface area contributed by atoms with E-state index in [9.17, 15) is 4.79 Å². The molecule has 1 N–H and O–H groups in total. The third-order valence-electron chi connectivity index (χ3n) is 3.46. The second-order valence-electron chi connectivity index (χ2n) is 5.23. The van der Waals surface area contributed by atoms with Crippen LogP contribution in [0.4, 0.5) is 11.4 Å². The molecule has 0 amide bonds. The van der Waals surface area contributed by atoms with Gasteiger partial charge in [-0.05, 0) is 44.2 Å². The molecule has 0 bridgehead atoms. The monoisotopic (exact) mass is 421 g/mol. The molecule has 0 radical (unpaired) electrons. The summed E-state index contributed by atoms with van der Waals surface area (Å²) in [6.45, 7) is 3.99. The molecule has 130 valence electrons. The van der Waals surface area contributed by atoms with Gasteiger partial charge in [0.2, 0.25) is 0 Å². The zero-order valence-electron chi connectivity index (χ0n) is 13.7. The van der Waals surface area contributed by atoms with Gasteiger partial charge < -0.3 is 10.1 Å². The van der Waals surface area contributed by atoms with Crippen LogP contribution in [-0.2, 0) is 4.74 Å². The van der Waals surface area contributed by atoms with E-state index in [2.05, 4.69) is 31.2 Å². The fourth-order valence-corrected chi connectivity index (χ4v) is 2.78.